The van der Waals surface area contributed by atoms with E-state index in [4.69, 9.17) is 9.47 Å². The highest BCUT2D eigenvalue weighted by Crippen LogP contribution is 2.16. The molecule has 1 heterocycles. The second-order valence-corrected chi connectivity index (χ2v) is 8.66. The number of rotatable bonds is 10. The van der Waals surface area contributed by atoms with E-state index in [1.165, 1.54) is 37.3 Å². The number of nitrogens with zero attached hydrogens (tertiary/aromatic N) is 2. The number of quaternary nitrogens is 2. The molecule has 1 aliphatic rings. The van der Waals surface area contributed by atoms with Crippen LogP contribution in [0.1, 0.15) is 11.1 Å². The fourth-order valence-electron chi connectivity index (χ4n) is 3.73. The van der Waals surface area contributed by atoms with E-state index in [-0.39, 0.29) is 48.0 Å². The maximum Gasteiger partial charge on any atom is 0.129 e. The first-order valence-electron chi connectivity index (χ1n) is 10.5. The van der Waals surface area contributed by atoms with Gasteiger partial charge in [0.25, 0.3) is 0 Å². The Kier molecular flexibility index (Phi) is 13.0. The van der Waals surface area contributed by atoms with Gasteiger partial charge in [0.15, 0.2) is 0 Å². The summed E-state index contributed by atoms with van der Waals surface area (Å²) in [6, 6.07) is 20.9. The number of piperazine rings is 1. The highest BCUT2D eigenvalue weighted by molar-refractivity contribution is 14.0. The lowest BCUT2D eigenvalue weighted by Crippen LogP contribution is -2.65. The molecule has 2 aromatic rings. The molecule has 2 aromatic carbocycles. The van der Waals surface area contributed by atoms with E-state index in [1.807, 2.05) is 12.1 Å². The van der Waals surface area contributed by atoms with Crippen molar-refractivity contribution in [2.45, 2.75) is 13.2 Å². The molecule has 0 radical (unpaired) electrons. The first kappa shape index (κ1) is 27.8. The van der Waals surface area contributed by atoms with Gasteiger partial charge < -0.3 is 18.4 Å². The largest absolute Gasteiger partial charge is 0.371 e. The van der Waals surface area contributed by atoms with Crippen molar-refractivity contribution in [2.75, 3.05) is 66.6 Å². The van der Waals surface area contributed by atoms with Crippen LogP contribution in [0.5, 0.6) is 0 Å². The monoisotopic (exact) mass is 640 g/mol. The average Bonchev–Trinajstić information content (AvgIpc) is 2.73. The molecule has 1 aliphatic heterocycles. The number of likely N-dealkylation sites (N-methyl/N-ethyl adjacent to an activating group) is 2. The molecule has 0 aromatic heterocycles. The Morgan fingerprint density at radius 1 is 0.600 bits per heavy atom. The van der Waals surface area contributed by atoms with Gasteiger partial charge in [0.05, 0.1) is 40.5 Å². The third-order valence-corrected chi connectivity index (χ3v) is 6.13. The van der Waals surface area contributed by atoms with Crippen LogP contribution in [0.4, 0.5) is 0 Å². The Morgan fingerprint density at radius 2 is 0.933 bits per heavy atom. The summed E-state index contributed by atoms with van der Waals surface area (Å²) in [5.74, 6) is 0. The lowest BCUT2D eigenvalue weighted by molar-refractivity contribution is -1.02. The van der Waals surface area contributed by atoms with Crippen molar-refractivity contribution in [2.24, 2.45) is 0 Å². The predicted molar refractivity (Wildman–Crippen MR) is 145 cm³/mol. The molecule has 4 nitrogen and oxygen atoms in total. The van der Waals surface area contributed by atoms with E-state index in [2.05, 4.69) is 62.6 Å². The Morgan fingerprint density at radius 3 is 1.27 bits per heavy atom. The Balaban J connectivity index is 0.00000225. The van der Waals surface area contributed by atoms with Crippen LogP contribution in [0.15, 0.2) is 60.7 Å². The molecule has 0 spiro atoms. The maximum absolute atomic E-state index is 5.92. The Labute approximate surface area is 216 Å². The van der Waals surface area contributed by atoms with Gasteiger partial charge in [-0.1, -0.05) is 60.7 Å². The first-order chi connectivity index (χ1) is 13.6. The second-order valence-electron chi connectivity index (χ2n) is 8.66. The van der Waals surface area contributed by atoms with Crippen LogP contribution >= 0.6 is 48.0 Å². The van der Waals surface area contributed by atoms with Gasteiger partial charge in [0, 0.05) is 0 Å². The minimum atomic E-state index is 0. The molecular formula is C24H38I2N2O2+2. The SMILES string of the molecule is C[N+]1(CCOCc2ccccc2)CC[N+](C)(CCOCc2ccccc2)CC1.I.I. The van der Waals surface area contributed by atoms with Gasteiger partial charge in [-0.05, 0) is 11.1 Å². The molecule has 1 fully saturated rings. The van der Waals surface area contributed by atoms with Gasteiger partial charge in [-0.2, -0.15) is 0 Å². The normalized spacial score (nSPS) is 23.3. The Bertz CT molecular complexity index is 631. The van der Waals surface area contributed by atoms with Crippen molar-refractivity contribution in [1.82, 2.24) is 0 Å². The van der Waals surface area contributed by atoms with Crippen molar-refractivity contribution in [3.63, 3.8) is 0 Å². The summed E-state index contributed by atoms with van der Waals surface area (Å²) in [6.07, 6.45) is 0. The van der Waals surface area contributed by atoms with Crippen molar-refractivity contribution in [3.05, 3.63) is 71.8 Å². The zero-order valence-corrected chi connectivity index (χ0v) is 23.0. The molecule has 0 bridgehead atoms. The van der Waals surface area contributed by atoms with Crippen LogP contribution in [0.3, 0.4) is 0 Å². The van der Waals surface area contributed by atoms with E-state index in [1.54, 1.807) is 0 Å². The summed E-state index contributed by atoms with van der Waals surface area (Å²) >= 11 is 0. The van der Waals surface area contributed by atoms with Gasteiger partial charge in [-0.3, -0.25) is 0 Å². The van der Waals surface area contributed by atoms with Crippen molar-refractivity contribution < 1.29 is 18.4 Å². The standard InChI is InChI=1S/C24H36N2O2.2HI/c1-25(17-19-27-21-23-9-5-3-6-10-23)13-15-26(2,16-14-25)18-20-28-22-24-11-7-4-8-12-24;;/h3-12H,13-22H2,1-2H3;2*1H/q+2;;. The molecule has 0 amide bonds. The van der Waals surface area contributed by atoms with Gasteiger partial charge in [0.2, 0.25) is 0 Å². The summed E-state index contributed by atoms with van der Waals surface area (Å²) in [5.41, 5.74) is 2.51. The van der Waals surface area contributed by atoms with Crippen LogP contribution in [-0.4, -0.2) is 75.5 Å². The highest BCUT2D eigenvalue weighted by atomic mass is 127. The number of halogens is 2. The summed E-state index contributed by atoms with van der Waals surface area (Å²) in [5, 5.41) is 0. The van der Waals surface area contributed by atoms with E-state index in [0.29, 0.717) is 13.2 Å². The third-order valence-electron chi connectivity index (χ3n) is 6.13. The maximum atomic E-state index is 5.92. The summed E-state index contributed by atoms with van der Waals surface area (Å²) in [6.45, 7) is 10.1. The van der Waals surface area contributed by atoms with Crippen molar-refractivity contribution in [3.8, 4) is 0 Å². The molecule has 30 heavy (non-hydrogen) atoms. The molecule has 0 N–H and O–H groups in total. The summed E-state index contributed by atoms with van der Waals surface area (Å²) in [4.78, 5) is 0. The first-order valence-corrected chi connectivity index (χ1v) is 10.5. The molecular weight excluding hydrogens is 602 g/mol. The number of hydrogen-bond donors (Lipinski definition) is 0. The van der Waals surface area contributed by atoms with Gasteiger partial charge in [0.1, 0.15) is 39.3 Å². The summed E-state index contributed by atoms with van der Waals surface area (Å²) in [7, 11) is 4.75. The molecule has 0 aliphatic carbocycles. The van der Waals surface area contributed by atoms with Crippen LogP contribution in [0.2, 0.25) is 0 Å². The van der Waals surface area contributed by atoms with Crippen LogP contribution in [0, 0.1) is 0 Å². The molecule has 0 saturated carbocycles. The minimum absolute atomic E-state index is 0. The number of hydrogen-bond acceptors (Lipinski definition) is 2. The van der Waals surface area contributed by atoms with Crippen LogP contribution in [-0.2, 0) is 22.7 Å². The number of ether oxygens (including phenoxy) is 2. The van der Waals surface area contributed by atoms with Gasteiger partial charge in [-0.15, -0.1) is 48.0 Å². The lowest BCUT2D eigenvalue weighted by atomic mass is 10.2. The Hall–Kier alpha value is -0.260. The van der Waals surface area contributed by atoms with Crippen LogP contribution < -0.4 is 0 Å². The number of benzene rings is 2. The molecule has 0 unspecified atom stereocenters. The van der Waals surface area contributed by atoms with Crippen molar-refractivity contribution in [1.29, 1.82) is 0 Å². The van der Waals surface area contributed by atoms with Crippen LogP contribution in [0.25, 0.3) is 0 Å². The molecule has 1 saturated heterocycles. The average molecular weight is 640 g/mol. The lowest BCUT2D eigenvalue weighted by Gasteiger charge is -2.46. The molecule has 3 rings (SSSR count). The van der Waals surface area contributed by atoms with Crippen molar-refractivity contribution >= 4 is 48.0 Å². The second kappa shape index (κ2) is 14.0. The fraction of sp³-hybridized carbons (Fsp3) is 0.500. The van der Waals surface area contributed by atoms with Gasteiger partial charge in [-0.25, -0.2) is 0 Å². The minimum Gasteiger partial charge on any atom is -0.371 e. The van der Waals surface area contributed by atoms with E-state index in [9.17, 15) is 0 Å². The third kappa shape index (κ3) is 9.48. The predicted octanol–water partition coefficient (Wildman–Crippen LogP) is 4.56. The smallest absolute Gasteiger partial charge is 0.129 e. The van der Waals surface area contributed by atoms with Gasteiger partial charge >= 0.3 is 0 Å². The van der Waals surface area contributed by atoms with E-state index >= 15 is 0 Å². The molecule has 0 atom stereocenters. The molecule has 168 valence electrons. The fourth-order valence-corrected chi connectivity index (χ4v) is 3.73. The molecule has 6 heteroatoms. The van der Waals surface area contributed by atoms with E-state index < -0.39 is 0 Å². The topological polar surface area (TPSA) is 18.5 Å². The zero-order chi connectivity index (χ0) is 19.7. The van der Waals surface area contributed by atoms with E-state index in [0.717, 1.165) is 35.3 Å². The quantitative estimate of drug-likeness (QED) is 0.216. The zero-order valence-electron chi connectivity index (χ0n) is 18.4. The summed E-state index contributed by atoms with van der Waals surface area (Å²) < 4.78 is 14.1. The highest BCUT2D eigenvalue weighted by Gasteiger charge is 2.36.